The molecule has 0 aromatic heterocycles. The van der Waals surface area contributed by atoms with Gasteiger partial charge in [0.15, 0.2) is 0 Å². The SMILES string of the molecule is CC(C)(C)OC(=O)N1CCN(c2ccc(C(=O)NCc3cccc(N4CCCC4)c3)cc2)CC1. The van der Waals surface area contributed by atoms with E-state index < -0.39 is 5.60 Å². The summed E-state index contributed by atoms with van der Waals surface area (Å²) >= 11 is 0. The van der Waals surface area contributed by atoms with Gasteiger partial charge in [-0.25, -0.2) is 4.79 Å². The Balaban J connectivity index is 1.27. The molecule has 2 aliphatic rings. The van der Waals surface area contributed by atoms with Crippen molar-refractivity contribution in [2.45, 2.75) is 45.8 Å². The van der Waals surface area contributed by atoms with Gasteiger partial charge in [-0.1, -0.05) is 12.1 Å². The number of amides is 2. The van der Waals surface area contributed by atoms with E-state index in [1.165, 1.54) is 18.5 Å². The Morgan fingerprint density at radius 1 is 0.853 bits per heavy atom. The summed E-state index contributed by atoms with van der Waals surface area (Å²) in [5.74, 6) is -0.0760. The van der Waals surface area contributed by atoms with Crippen LogP contribution in [0.5, 0.6) is 0 Å². The van der Waals surface area contributed by atoms with Gasteiger partial charge in [0.05, 0.1) is 0 Å². The Bertz CT molecular complexity index is 986. The largest absolute Gasteiger partial charge is 0.444 e. The molecule has 0 aliphatic carbocycles. The molecule has 2 aromatic carbocycles. The molecular weight excluding hydrogens is 428 g/mol. The summed E-state index contributed by atoms with van der Waals surface area (Å²) in [6, 6.07) is 16.1. The molecule has 4 rings (SSSR count). The molecule has 1 N–H and O–H groups in total. The third-order valence-electron chi connectivity index (χ3n) is 6.26. The first-order chi connectivity index (χ1) is 16.3. The Kier molecular flexibility index (Phi) is 7.29. The standard InChI is InChI=1S/C27H36N4O3/c1-27(2,3)34-26(33)31-17-15-30(16-18-31)23-11-9-22(10-12-23)25(32)28-20-21-7-6-8-24(19-21)29-13-4-5-14-29/h6-12,19H,4-5,13-18,20H2,1-3H3,(H,28,32). The maximum absolute atomic E-state index is 12.7. The van der Waals surface area contributed by atoms with Crippen LogP contribution in [0.1, 0.15) is 49.5 Å². The number of nitrogens with zero attached hydrogens (tertiary/aromatic N) is 3. The minimum atomic E-state index is -0.485. The van der Waals surface area contributed by atoms with Crippen LogP contribution in [0, 0.1) is 0 Å². The van der Waals surface area contributed by atoms with Crippen molar-refractivity contribution in [3.05, 3.63) is 59.7 Å². The highest BCUT2D eigenvalue weighted by Crippen LogP contribution is 2.22. The van der Waals surface area contributed by atoms with Crippen molar-refractivity contribution in [2.24, 2.45) is 0 Å². The van der Waals surface area contributed by atoms with Gasteiger partial charge in [0.1, 0.15) is 5.60 Å². The van der Waals surface area contributed by atoms with Gasteiger partial charge >= 0.3 is 6.09 Å². The Labute approximate surface area is 202 Å². The van der Waals surface area contributed by atoms with E-state index in [0.29, 0.717) is 25.2 Å². The zero-order valence-electron chi connectivity index (χ0n) is 20.5. The lowest BCUT2D eigenvalue weighted by molar-refractivity contribution is 0.0240. The van der Waals surface area contributed by atoms with E-state index in [9.17, 15) is 9.59 Å². The van der Waals surface area contributed by atoms with Crippen molar-refractivity contribution in [2.75, 3.05) is 49.1 Å². The summed E-state index contributed by atoms with van der Waals surface area (Å²) in [5, 5.41) is 3.04. The predicted molar refractivity (Wildman–Crippen MR) is 136 cm³/mol. The molecule has 7 nitrogen and oxygen atoms in total. The third-order valence-corrected chi connectivity index (χ3v) is 6.26. The number of carbonyl (C=O) groups excluding carboxylic acids is 2. The molecule has 2 fully saturated rings. The quantitative estimate of drug-likeness (QED) is 0.716. The van der Waals surface area contributed by atoms with Crippen LogP contribution in [0.15, 0.2) is 48.5 Å². The second-order valence-electron chi connectivity index (χ2n) is 10.0. The average molecular weight is 465 g/mol. The molecule has 2 aliphatic heterocycles. The lowest BCUT2D eigenvalue weighted by Gasteiger charge is -2.36. The van der Waals surface area contributed by atoms with Crippen molar-refractivity contribution >= 4 is 23.4 Å². The number of nitrogens with one attached hydrogen (secondary N) is 1. The second kappa shape index (κ2) is 10.4. The molecule has 34 heavy (non-hydrogen) atoms. The van der Waals surface area contributed by atoms with Crippen LogP contribution in [-0.2, 0) is 11.3 Å². The van der Waals surface area contributed by atoms with Gasteiger partial charge in [0.25, 0.3) is 5.91 Å². The molecule has 0 bridgehead atoms. The number of carbonyl (C=O) groups is 2. The van der Waals surface area contributed by atoms with Crippen LogP contribution >= 0.6 is 0 Å². The van der Waals surface area contributed by atoms with Gasteiger partial charge < -0.3 is 24.8 Å². The molecule has 0 radical (unpaired) electrons. The molecular formula is C27H36N4O3. The van der Waals surface area contributed by atoms with Crippen LogP contribution in [0.25, 0.3) is 0 Å². The van der Waals surface area contributed by atoms with Gasteiger partial charge in [-0.15, -0.1) is 0 Å². The Morgan fingerprint density at radius 3 is 2.15 bits per heavy atom. The highest BCUT2D eigenvalue weighted by molar-refractivity contribution is 5.94. The fraction of sp³-hybridized carbons (Fsp3) is 0.481. The van der Waals surface area contributed by atoms with E-state index in [0.717, 1.165) is 37.4 Å². The normalized spacial score (nSPS) is 16.5. The minimum absolute atomic E-state index is 0.0760. The zero-order valence-corrected chi connectivity index (χ0v) is 20.5. The molecule has 0 spiro atoms. The van der Waals surface area contributed by atoms with E-state index >= 15 is 0 Å². The molecule has 2 amide bonds. The third kappa shape index (κ3) is 6.22. The smallest absolute Gasteiger partial charge is 0.410 e. The number of anilines is 2. The monoisotopic (exact) mass is 464 g/mol. The number of piperazine rings is 1. The summed E-state index contributed by atoms with van der Waals surface area (Å²) in [4.78, 5) is 31.3. The number of benzene rings is 2. The first-order valence-electron chi connectivity index (χ1n) is 12.2. The molecule has 182 valence electrons. The van der Waals surface area contributed by atoms with E-state index in [2.05, 4.69) is 39.4 Å². The topological polar surface area (TPSA) is 65.1 Å². The summed E-state index contributed by atoms with van der Waals surface area (Å²) in [7, 11) is 0. The zero-order chi connectivity index (χ0) is 24.1. The molecule has 2 heterocycles. The fourth-order valence-electron chi connectivity index (χ4n) is 4.42. The van der Waals surface area contributed by atoms with Crippen LogP contribution in [-0.4, -0.2) is 61.8 Å². The summed E-state index contributed by atoms with van der Waals surface area (Å²) in [5.41, 5.74) is 3.56. The molecule has 2 aromatic rings. The first-order valence-corrected chi connectivity index (χ1v) is 12.2. The molecule has 7 heteroatoms. The summed E-state index contributed by atoms with van der Waals surface area (Å²) in [6.07, 6.45) is 2.23. The van der Waals surface area contributed by atoms with Gasteiger partial charge in [0, 0.05) is 62.8 Å². The highest BCUT2D eigenvalue weighted by atomic mass is 16.6. The van der Waals surface area contributed by atoms with Crippen molar-refractivity contribution in [1.29, 1.82) is 0 Å². The van der Waals surface area contributed by atoms with Gasteiger partial charge in [-0.3, -0.25) is 4.79 Å². The van der Waals surface area contributed by atoms with Crippen LogP contribution < -0.4 is 15.1 Å². The minimum Gasteiger partial charge on any atom is -0.444 e. The molecule has 0 unspecified atom stereocenters. The Morgan fingerprint density at radius 2 is 1.50 bits per heavy atom. The summed E-state index contributed by atoms with van der Waals surface area (Å²) < 4.78 is 5.47. The van der Waals surface area contributed by atoms with Crippen molar-refractivity contribution < 1.29 is 14.3 Å². The van der Waals surface area contributed by atoms with Crippen molar-refractivity contribution in [3.8, 4) is 0 Å². The van der Waals surface area contributed by atoms with E-state index in [4.69, 9.17) is 4.74 Å². The molecule has 0 atom stereocenters. The average Bonchev–Trinajstić information content (AvgIpc) is 3.37. The van der Waals surface area contributed by atoms with Crippen molar-refractivity contribution in [3.63, 3.8) is 0 Å². The van der Waals surface area contributed by atoms with Gasteiger partial charge in [0.2, 0.25) is 0 Å². The van der Waals surface area contributed by atoms with E-state index in [1.54, 1.807) is 4.90 Å². The fourth-order valence-corrected chi connectivity index (χ4v) is 4.42. The number of hydrogen-bond acceptors (Lipinski definition) is 5. The van der Waals surface area contributed by atoms with Gasteiger partial charge in [-0.2, -0.15) is 0 Å². The number of ether oxygens (including phenoxy) is 1. The lowest BCUT2D eigenvalue weighted by Crippen LogP contribution is -2.50. The van der Waals surface area contributed by atoms with Crippen molar-refractivity contribution in [1.82, 2.24) is 10.2 Å². The van der Waals surface area contributed by atoms with E-state index in [1.807, 2.05) is 45.0 Å². The Hall–Kier alpha value is -3.22. The van der Waals surface area contributed by atoms with Crippen LogP contribution in [0.4, 0.5) is 16.2 Å². The van der Waals surface area contributed by atoms with E-state index in [-0.39, 0.29) is 12.0 Å². The molecule has 2 saturated heterocycles. The number of rotatable bonds is 5. The summed E-state index contributed by atoms with van der Waals surface area (Å²) in [6.45, 7) is 11.1. The highest BCUT2D eigenvalue weighted by Gasteiger charge is 2.26. The lowest BCUT2D eigenvalue weighted by atomic mass is 10.1. The van der Waals surface area contributed by atoms with Crippen LogP contribution in [0.2, 0.25) is 0 Å². The predicted octanol–water partition coefficient (Wildman–Crippen LogP) is 4.27. The van der Waals surface area contributed by atoms with Gasteiger partial charge in [-0.05, 0) is 75.6 Å². The molecule has 0 saturated carbocycles. The maximum Gasteiger partial charge on any atom is 0.410 e. The maximum atomic E-state index is 12.7. The first kappa shape index (κ1) is 23.9. The number of hydrogen-bond donors (Lipinski definition) is 1. The van der Waals surface area contributed by atoms with Crippen LogP contribution in [0.3, 0.4) is 0 Å². The second-order valence-corrected chi connectivity index (χ2v) is 10.0.